The predicted octanol–water partition coefficient (Wildman–Crippen LogP) is 1.87. The molecule has 0 radical (unpaired) electrons. The van der Waals surface area contributed by atoms with Crippen LogP contribution in [0.2, 0.25) is 0 Å². The summed E-state index contributed by atoms with van der Waals surface area (Å²) in [7, 11) is 1.33. The Morgan fingerprint density at radius 3 is 2.72 bits per heavy atom. The standard InChI is InChI=1S/C18H23NO5S/c1-22-17(21)13-23-16-6-4-14(5-7-16)8-9-19-11-15(20)12-24-18-3-2-10-25-18/h2-7,10,15,19-20H,8-9,11-13H2,1H3. The normalized spacial score (nSPS) is 11.8. The smallest absolute Gasteiger partial charge is 0.343 e. The van der Waals surface area contributed by atoms with Gasteiger partial charge >= 0.3 is 5.97 Å². The summed E-state index contributed by atoms with van der Waals surface area (Å²) >= 11 is 1.51. The van der Waals surface area contributed by atoms with Crippen LogP contribution >= 0.6 is 11.3 Å². The first-order valence-corrected chi connectivity index (χ1v) is 8.89. The number of aliphatic hydroxyl groups excluding tert-OH is 1. The topological polar surface area (TPSA) is 77.0 Å². The van der Waals surface area contributed by atoms with Gasteiger partial charge in [-0.25, -0.2) is 4.79 Å². The van der Waals surface area contributed by atoms with E-state index in [0.717, 1.165) is 23.6 Å². The molecule has 1 atom stereocenters. The summed E-state index contributed by atoms with van der Waals surface area (Å²) in [6.07, 6.45) is 0.284. The Kier molecular flexibility index (Phi) is 8.24. The van der Waals surface area contributed by atoms with E-state index in [4.69, 9.17) is 9.47 Å². The first-order chi connectivity index (χ1) is 12.2. The molecule has 0 fully saturated rings. The number of rotatable bonds is 11. The van der Waals surface area contributed by atoms with Crippen LogP contribution in [-0.2, 0) is 16.0 Å². The summed E-state index contributed by atoms with van der Waals surface area (Å²) in [5.41, 5.74) is 1.14. The van der Waals surface area contributed by atoms with Gasteiger partial charge < -0.3 is 24.6 Å². The monoisotopic (exact) mass is 365 g/mol. The summed E-state index contributed by atoms with van der Waals surface area (Å²) in [6, 6.07) is 11.3. The summed E-state index contributed by atoms with van der Waals surface area (Å²) < 4.78 is 15.3. The molecule has 2 N–H and O–H groups in total. The van der Waals surface area contributed by atoms with Crippen LogP contribution in [0.3, 0.4) is 0 Å². The molecule has 0 bridgehead atoms. The Bertz CT molecular complexity index is 615. The van der Waals surface area contributed by atoms with E-state index in [9.17, 15) is 9.90 Å². The van der Waals surface area contributed by atoms with Crippen molar-refractivity contribution in [3.63, 3.8) is 0 Å². The van der Waals surface area contributed by atoms with Gasteiger partial charge in [-0.2, -0.15) is 0 Å². The lowest BCUT2D eigenvalue weighted by atomic mass is 10.1. The van der Waals surface area contributed by atoms with Gasteiger partial charge in [-0.05, 0) is 48.2 Å². The molecule has 0 saturated heterocycles. The molecule has 6 nitrogen and oxygen atoms in total. The number of aliphatic hydroxyl groups is 1. The minimum absolute atomic E-state index is 0.0944. The van der Waals surface area contributed by atoms with Crippen molar-refractivity contribution >= 4 is 17.3 Å². The molecule has 1 aromatic carbocycles. The Balaban J connectivity index is 1.58. The molecule has 0 amide bonds. The predicted molar refractivity (Wildman–Crippen MR) is 96.3 cm³/mol. The van der Waals surface area contributed by atoms with E-state index in [1.807, 2.05) is 41.8 Å². The number of benzene rings is 1. The van der Waals surface area contributed by atoms with Crippen LogP contribution in [0.1, 0.15) is 5.56 Å². The Morgan fingerprint density at radius 1 is 1.24 bits per heavy atom. The van der Waals surface area contributed by atoms with Gasteiger partial charge in [0.15, 0.2) is 11.7 Å². The maximum absolute atomic E-state index is 11.0. The van der Waals surface area contributed by atoms with Gasteiger partial charge in [0.2, 0.25) is 0 Å². The fourth-order valence-electron chi connectivity index (χ4n) is 2.04. The minimum Gasteiger partial charge on any atom is -0.482 e. The van der Waals surface area contributed by atoms with Crippen LogP contribution in [0.4, 0.5) is 0 Å². The number of methoxy groups -OCH3 is 1. The lowest BCUT2D eigenvalue weighted by molar-refractivity contribution is -0.142. The third kappa shape index (κ3) is 7.55. The molecule has 0 aliphatic carbocycles. The maximum Gasteiger partial charge on any atom is 0.343 e. The molecule has 25 heavy (non-hydrogen) atoms. The van der Waals surface area contributed by atoms with Gasteiger partial charge in [0.1, 0.15) is 18.5 Å². The molecule has 7 heteroatoms. The van der Waals surface area contributed by atoms with Gasteiger partial charge in [0.05, 0.1) is 7.11 Å². The zero-order valence-corrected chi connectivity index (χ0v) is 15.0. The molecule has 0 spiro atoms. The Labute approximate surface area is 151 Å². The van der Waals surface area contributed by atoms with E-state index in [1.165, 1.54) is 18.4 Å². The molecule has 1 heterocycles. The summed E-state index contributed by atoms with van der Waals surface area (Å²) in [5, 5.41) is 15.8. The number of thiophene rings is 1. The van der Waals surface area contributed by atoms with E-state index >= 15 is 0 Å². The van der Waals surface area contributed by atoms with Gasteiger partial charge in [-0.1, -0.05) is 12.1 Å². The number of ether oxygens (including phenoxy) is 3. The average molecular weight is 365 g/mol. The molecule has 0 aliphatic rings. The number of hydrogen-bond donors (Lipinski definition) is 2. The van der Waals surface area contributed by atoms with E-state index < -0.39 is 12.1 Å². The average Bonchev–Trinajstić information content (AvgIpc) is 3.16. The van der Waals surface area contributed by atoms with Crippen molar-refractivity contribution in [3.8, 4) is 10.8 Å². The van der Waals surface area contributed by atoms with E-state index in [-0.39, 0.29) is 13.2 Å². The van der Waals surface area contributed by atoms with E-state index in [0.29, 0.717) is 12.3 Å². The number of carbonyl (C=O) groups excluding carboxylic acids is 1. The second-order valence-corrected chi connectivity index (χ2v) is 6.27. The van der Waals surface area contributed by atoms with Crippen LogP contribution in [0.15, 0.2) is 41.8 Å². The van der Waals surface area contributed by atoms with Crippen LogP contribution < -0.4 is 14.8 Å². The molecule has 1 aromatic heterocycles. The van der Waals surface area contributed by atoms with Crippen molar-refractivity contribution in [2.24, 2.45) is 0 Å². The first-order valence-electron chi connectivity index (χ1n) is 8.01. The molecule has 0 saturated carbocycles. The molecule has 1 unspecified atom stereocenters. The fraction of sp³-hybridized carbons (Fsp3) is 0.389. The lowest BCUT2D eigenvalue weighted by Crippen LogP contribution is -2.32. The number of carbonyl (C=O) groups is 1. The first kappa shape index (κ1) is 19.2. The van der Waals surface area contributed by atoms with Crippen molar-refractivity contribution in [1.29, 1.82) is 0 Å². The Morgan fingerprint density at radius 2 is 2.04 bits per heavy atom. The van der Waals surface area contributed by atoms with Gasteiger partial charge in [0, 0.05) is 6.54 Å². The van der Waals surface area contributed by atoms with Crippen LogP contribution in [-0.4, -0.2) is 50.6 Å². The van der Waals surface area contributed by atoms with Crippen LogP contribution in [0.5, 0.6) is 10.8 Å². The molecule has 136 valence electrons. The second kappa shape index (κ2) is 10.7. The highest BCUT2D eigenvalue weighted by atomic mass is 32.1. The highest BCUT2D eigenvalue weighted by molar-refractivity contribution is 7.11. The largest absolute Gasteiger partial charge is 0.482 e. The van der Waals surface area contributed by atoms with Crippen LogP contribution in [0.25, 0.3) is 0 Å². The highest BCUT2D eigenvalue weighted by Crippen LogP contribution is 2.18. The minimum atomic E-state index is -0.545. The molecule has 0 aliphatic heterocycles. The third-order valence-corrected chi connectivity index (χ3v) is 4.17. The Hall–Kier alpha value is -2.09. The SMILES string of the molecule is COC(=O)COc1ccc(CCNCC(O)COc2cccs2)cc1. The molecular weight excluding hydrogens is 342 g/mol. The van der Waals surface area contributed by atoms with Gasteiger partial charge in [-0.3, -0.25) is 0 Å². The zero-order chi connectivity index (χ0) is 17.9. The summed E-state index contributed by atoms with van der Waals surface area (Å²) in [6.45, 7) is 1.41. The summed E-state index contributed by atoms with van der Waals surface area (Å²) in [4.78, 5) is 11.0. The highest BCUT2D eigenvalue weighted by Gasteiger charge is 2.05. The molecule has 2 aromatic rings. The van der Waals surface area contributed by atoms with E-state index in [2.05, 4.69) is 10.1 Å². The van der Waals surface area contributed by atoms with Gasteiger partial charge in [0.25, 0.3) is 0 Å². The van der Waals surface area contributed by atoms with Crippen molar-refractivity contribution < 1.29 is 24.1 Å². The number of hydrogen-bond acceptors (Lipinski definition) is 7. The lowest BCUT2D eigenvalue weighted by Gasteiger charge is -2.12. The van der Waals surface area contributed by atoms with Crippen LogP contribution in [0, 0.1) is 0 Å². The van der Waals surface area contributed by atoms with Crippen molar-refractivity contribution in [2.45, 2.75) is 12.5 Å². The summed E-state index contributed by atoms with van der Waals surface area (Å²) in [5.74, 6) is 0.221. The van der Waals surface area contributed by atoms with Gasteiger partial charge in [-0.15, -0.1) is 11.3 Å². The van der Waals surface area contributed by atoms with Crippen molar-refractivity contribution in [3.05, 3.63) is 47.3 Å². The second-order valence-electron chi connectivity index (χ2n) is 5.36. The fourth-order valence-corrected chi connectivity index (χ4v) is 2.62. The quantitative estimate of drug-likeness (QED) is 0.468. The molecule has 2 rings (SSSR count). The van der Waals surface area contributed by atoms with E-state index in [1.54, 1.807) is 0 Å². The number of nitrogens with one attached hydrogen (secondary N) is 1. The van der Waals surface area contributed by atoms with Crippen molar-refractivity contribution in [1.82, 2.24) is 5.32 Å². The zero-order valence-electron chi connectivity index (χ0n) is 14.1. The third-order valence-electron chi connectivity index (χ3n) is 3.39. The number of esters is 1. The molecular formula is C18H23NO5S. The maximum atomic E-state index is 11.0. The van der Waals surface area contributed by atoms with Crippen molar-refractivity contribution in [2.75, 3.05) is 33.4 Å².